The van der Waals surface area contributed by atoms with E-state index >= 15 is 0 Å². The molecule has 18 heavy (non-hydrogen) atoms. The zero-order chi connectivity index (χ0) is 13.1. The van der Waals surface area contributed by atoms with E-state index in [1.54, 1.807) is 25.3 Å². The number of phenolic OH excluding ortho intramolecular Hbond substituents is 1. The molecule has 3 N–H and O–H groups in total. The number of hydrogen-bond acceptors (Lipinski definition) is 4. The lowest BCUT2D eigenvalue weighted by atomic mass is 10.1. The number of hydrogen-bond donors (Lipinski definition) is 3. The summed E-state index contributed by atoms with van der Waals surface area (Å²) in [7, 11) is 1.55. The van der Waals surface area contributed by atoms with Crippen LogP contribution >= 0.6 is 0 Å². The van der Waals surface area contributed by atoms with Crippen LogP contribution in [0.2, 0.25) is 0 Å². The van der Waals surface area contributed by atoms with Crippen molar-refractivity contribution in [2.24, 2.45) is 5.92 Å². The van der Waals surface area contributed by atoms with Crippen molar-refractivity contribution in [1.29, 1.82) is 0 Å². The lowest BCUT2D eigenvalue weighted by Gasteiger charge is -2.14. The second kappa shape index (κ2) is 5.27. The molecule has 5 heteroatoms. The predicted molar refractivity (Wildman–Crippen MR) is 65.6 cm³/mol. The lowest BCUT2D eigenvalue weighted by molar-refractivity contribution is -0.140. The Kier molecular flexibility index (Phi) is 3.72. The highest BCUT2D eigenvalue weighted by Crippen LogP contribution is 2.33. The number of aliphatic carboxylic acids is 1. The zero-order valence-corrected chi connectivity index (χ0v) is 10.2. The summed E-state index contributed by atoms with van der Waals surface area (Å²) in [5.41, 5.74) is 0.640. The fraction of sp³-hybridized carbons (Fsp3) is 0.462. The molecule has 1 aromatic carbocycles. The van der Waals surface area contributed by atoms with Crippen molar-refractivity contribution in [2.75, 3.05) is 7.11 Å². The number of carbonyl (C=O) groups is 1. The minimum atomic E-state index is -0.833. The maximum Gasteiger partial charge on any atom is 0.320 e. The van der Waals surface area contributed by atoms with Gasteiger partial charge in [-0.3, -0.25) is 10.1 Å². The first-order valence-corrected chi connectivity index (χ1v) is 5.94. The largest absolute Gasteiger partial charge is 0.508 e. The van der Waals surface area contributed by atoms with E-state index in [1.165, 1.54) is 0 Å². The Morgan fingerprint density at radius 3 is 2.83 bits per heavy atom. The Balaban J connectivity index is 2.02. The molecule has 1 aliphatic rings. The topological polar surface area (TPSA) is 78.8 Å². The molecule has 1 aliphatic carbocycles. The molecule has 2 rings (SSSR count). The quantitative estimate of drug-likeness (QED) is 0.711. The van der Waals surface area contributed by atoms with E-state index in [4.69, 9.17) is 9.84 Å². The number of phenols is 1. The van der Waals surface area contributed by atoms with Gasteiger partial charge in [-0.2, -0.15) is 0 Å². The van der Waals surface area contributed by atoms with Crippen LogP contribution in [0.1, 0.15) is 18.4 Å². The van der Waals surface area contributed by atoms with Crippen LogP contribution in [-0.4, -0.2) is 29.3 Å². The van der Waals surface area contributed by atoms with Gasteiger partial charge in [0.2, 0.25) is 0 Å². The number of nitrogens with one attached hydrogen (secondary N) is 1. The van der Waals surface area contributed by atoms with Crippen molar-refractivity contribution < 1.29 is 19.7 Å². The van der Waals surface area contributed by atoms with Gasteiger partial charge in [-0.25, -0.2) is 0 Å². The van der Waals surface area contributed by atoms with E-state index in [9.17, 15) is 9.90 Å². The van der Waals surface area contributed by atoms with Gasteiger partial charge < -0.3 is 14.9 Å². The summed E-state index contributed by atoms with van der Waals surface area (Å²) >= 11 is 0. The van der Waals surface area contributed by atoms with Crippen molar-refractivity contribution in [3.05, 3.63) is 23.8 Å². The molecule has 0 amide bonds. The van der Waals surface area contributed by atoms with Gasteiger partial charge in [0.15, 0.2) is 0 Å². The number of aromatic hydroxyl groups is 1. The van der Waals surface area contributed by atoms with Crippen molar-refractivity contribution >= 4 is 5.97 Å². The number of ether oxygens (including phenoxy) is 1. The Bertz CT molecular complexity index is 443. The van der Waals surface area contributed by atoms with Crippen LogP contribution in [0.3, 0.4) is 0 Å². The average molecular weight is 251 g/mol. The summed E-state index contributed by atoms with van der Waals surface area (Å²) in [5.74, 6) is 0.168. The summed E-state index contributed by atoms with van der Waals surface area (Å²) in [6, 6.07) is 4.38. The SMILES string of the molecule is COc1ccc(O)c(CNC(C(=O)O)C2CC2)c1. The molecule has 1 atom stereocenters. The van der Waals surface area contributed by atoms with Gasteiger partial charge in [0.25, 0.3) is 0 Å². The van der Waals surface area contributed by atoms with E-state index in [2.05, 4.69) is 5.32 Å². The first-order chi connectivity index (χ1) is 8.61. The van der Waals surface area contributed by atoms with E-state index in [1.807, 2.05) is 0 Å². The van der Waals surface area contributed by atoms with Gasteiger partial charge in [-0.15, -0.1) is 0 Å². The third-order valence-electron chi connectivity index (χ3n) is 3.16. The molecule has 0 spiro atoms. The van der Waals surface area contributed by atoms with Gasteiger partial charge in [0, 0.05) is 12.1 Å². The second-order valence-corrected chi connectivity index (χ2v) is 4.53. The van der Waals surface area contributed by atoms with Crippen LogP contribution in [-0.2, 0) is 11.3 Å². The van der Waals surface area contributed by atoms with E-state index in [0.29, 0.717) is 17.9 Å². The highest BCUT2D eigenvalue weighted by Gasteiger charge is 2.35. The Hall–Kier alpha value is -1.75. The van der Waals surface area contributed by atoms with Gasteiger partial charge in [-0.1, -0.05) is 0 Å². The first-order valence-electron chi connectivity index (χ1n) is 5.94. The molecule has 1 unspecified atom stereocenters. The van der Waals surface area contributed by atoms with Crippen LogP contribution in [0, 0.1) is 5.92 Å². The van der Waals surface area contributed by atoms with Crippen LogP contribution in [0.5, 0.6) is 11.5 Å². The second-order valence-electron chi connectivity index (χ2n) is 4.53. The van der Waals surface area contributed by atoms with Crippen LogP contribution in [0.4, 0.5) is 0 Å². The smallest absolute Gasteiger partial charge is 0.320 e. The third kappa shape index (κ3) is 2.92. The van der Waals surface area contributed by atoms with Crippen molar-refractivity contribution in [3.8, 4) is 11.5 Å². The van der Waals surface area contributed by atoms with E-state index in [0.717, 1.165) is 12.8 Å². The third-order valence-corrected chi connectivity index (χ3v) is 3.16. The highest BCUT2D eigenvalue weighted by atomic mass is 16.5. The molecule has 5 nitrogen and oxygen atoms in total. The van der Waals surface area contributed by atoms with Gasteiger partial charge >= 0.3 is 5.97 Å². The normalized spacial score (nSPS) is 16.3. The summed E-state index contributed by atoms with van der Waals surface area (Å²) in [5, 5.41) is 21.7. The highest BCUT2D eigenvalue weighted by molar-refractivity contribution is 5.74. The molecule has 98 valence electrons. The molecule has 0 heterocycles. The lowest BCUT2D eigenvalue weighted by Crippen LogP contribution is -2.38. The Morgan fingerprint density at radius 1 is 1.56 bits per heavy atom. The number of carboxylic acids is 1. The van der Waals surface area contributed by atoms with Gasteiger partial charge in [0.1, 0.15) is 17.5 Å². The minimum Gasteiger partial charge on any atom is -0.508 e. The molecule has 1 saturated carbocycles. The first kappa shape index (κ1) is 12.7. The van der Waals surface area contributed by atoms with Crippen LogP contribution in [0.15, 0.2) is 18.2 Å². The summed E-state index contributed by atoms with van der Waals surface area (Å²) in [6.45, 7) is 0.316. The summed E-state index contributed by atoms with van der Waals surface area (Å²) < 4.78 is 5.07. The number of carboxylic acid groups (broad SMARTS) is 1. The summed E-state index contributed by atoms with van der Waals surface area (Å²) in [6.07, 6.45) is 1.90. The molecule has 0 bridgehead atoms. The molecular weight excluding hydrogens is 234 g/mol. The minimum absolute atomic E-state index is 0.142. The molecule has 1 fully saturated rings. The van der Waals surface area contributed by atoms with Gasteiger partial charge in [-0.05, 0) is 37.0 Å². The zero-order valence-electron chi connectivity index (χ0n) is 10.2. The van der Waals surface area contributed by atoms with E-state index in [-0.39, 0.29) is 11.7 Å². The monoisotopic (exact) mass is 251 g/mol. The fourth-order valence-corrected chi connectivity index (χ4v) is 1.94. The number of benzene rings is 1. The van der Waals surface area contributed by atoms with E-state index < -0.39 is 12.0 Å². The maximum atomic E-state index is 11.1. The number of rotatable bonds is 6. The number of methoxy groups -OCH3 is 1. The Labute approximate surface area is 105 Å². The van der Waals surface area contributed by atoms with Crippen molar-refractivity contribution in [1.82, 2.24) is 5.32 Å². The predicted octanol–water partition coefficient (Wildman–Crippen LogP) is 1.35. The van der Waals surface area contributed by atoms with Crippen LogP contribution in [0.25, 0.3) is 0 Å². The van der Waals surface area contributed by atoms with Gasteiger partial charge in [0.05, 0.1) is 7.11 Å². The van der Waals surface area contributed by atoms with Crippen molar-refractivity contribution in [3.63, 3.8) is 0 Å². The van der Waals surface area contributed by atoms with Crippen LogP contribution < -0.4 is 10.1 Å². The fourth-order valence-electron chi connectivity index (χ4n) is 1.94. The summed E-state index contributed by atoms with van der Waals surface area (Å²) in [4.78, 5) is 11.1. The molecule has 0 radical (unpaired) electrons. The molecular formula is C13H17NO4. The average Bonchev–Trinajstić information content (AvgIpc) is 3.15. The molecule has 0 aromatic heterocycles. The Morgan fingerprint density at radius 2 is 2.28 bits per heavy atom. The molecule has 0 aliphatic heterocycles. The molecule has 0 saturated heterocycles. The standard InChI is InChI=1S/C13H17NO4/c1-18-10-4-5-11(15)9(6-10)7-14-12(13(16)17)8-2-3-8/h4-6,8,12,14-15H,2-3,7H2,1H3,(H,16,17). The maximum absolute atomic E-state index is 11.1. The van der Waals surface area contributed by atoms with Crippen molar-refractivity contribution in [2.45, 2.75) is 25.4 Å². The molecule has 1 aromatic rings.